The van der Waals surface area contributed by atoms with Crippen molar-refractivity contribution in [1.29, 1.82) is 0 Å². The molecule has 0 bridgehead atoms. The van der Waals surface area contributed by atoms with Gasteiger partial charge in [0.2, 0.25) is 11.8 Å². The molecule has 0 aliphatic heterocycles. The summed E-state index contributed by atoms with van der Waals surface area (Å²) in [5.74, 6) is -1.38. The first-order chi connectivity index (χ1) is 11.4. The Hall–Kier alpha value is -2.08. The number of carbonyl (C=O) groups excluding carboxylic acids is 3. The number of esters is 1. The molecule has 1 N–H and O–H groups in total. The highest BCUT2D eigenvalue weighted by molar-refractivity contribution is 6.34. The summed E-state index contributed by atoms with van der Waals surface area (Å²) in [6, 6.07) is 4.51. The standard InChI is InChI=1S/C17H21ClN2O4/c1-4-20(5-2)16(22)12-9-11(12)15(21)19-14-8-10(17(23)24-3)6-7-13(14)18/h6-8,11-12H,4-5,9H2,1-3H3,(H,19,21). The second-order valence-corrected chi connectivity index (χ2v) is 6.04. The third-order valence-electron chi connectivity index (χ3n) is 4.16. The molecule has 1 saturated carbocycles. The molecule has 0 heterocycles. The molecule has 0 spiro atoms. The third kappa shape index (κ3) is 3.87. The van der Waals surface area contributed by atoms with E-state index >= 15 is 0 Å². The van der Waals surface area contributed by atoms with Gasteiger partial charge in [0.1, 0.15) is 0 Å². The maximum atomic E-state index is 12.3. The molecule has 0 saturated heterocycles. The van der Waals surface area contributed by atoms with Crippen LogP contribution in [0.2, 0.25) is 5.02 Å². The minimum Gasteiger partial charge on any atom is -0.465 e. The van der Waals surface area contributed by atoms with Crippen molar-refractivity contribution in [2.24, 2.45) is 11.8 Å². The zero-order valence-electron chi connectivity index (χ0n) is 14.0. The molecular weight excluding hydrogens is 332 g/mol. The van der Waals surface area contributed by atoms with Crippen molar-refractivity contribution in [3.05, 3.63) is 28.8 Å². The van der Waals surface area contributed by atoms with E-state index in [-0.39, 0.29) is 23.7 Å². The molecule has 1 aromatic rings. The van der Waals surface area contributed by atoms with Gasteiger partial charge in [-0.15, -0.1) is 0 Å². The van der Waals surface area contributed by atoms with Crippen LogP contribution in [-0.4, -0.2) is 42.9 Å². The van der Waals surface area contributed by atoms with Crippen molar-refractivity contribution < 1.29 is 19.1 Å². The largest absolute Gasteiger partial charge is 0.465 e. The van der Waals surface area contributed by atoms with Gasteiger partial charge < -0.3 is 15.0 Å². The van der Waals surface area contributed by atoms with E-state index in [2.05, 4.69) is 10.1 Å². The first-order valence-electron chi connectivity index (χ1n) is 7.90. The van der Waals surface area contributed by atoms with Gasteiger partial charge in [0, 0.05) is 13.1 Å². The number of carbonyl (C=O) groups is 3. The van der Waals surface area contributed by atoms with Crippen molar-refractivity contribution in [2.75, 3.05) is 25.5 Å². The maximum absolute atomic E-state index is 12.3. The summed E-state index contributed by atoms with van der Waals surface area (Å²) in [5.41, 5.74) is 0.634. The van der Waals surface area contributed by atoms with Crippen LogP contribution in [0.15, 0.2) is 18.2 Å². The fourth-order valence-corrected chi connectivity index (χ4v) is 2.78. The van der Waals surface area contributed by atoms with E-state index in [1.165, 1.54) is 25.3 Å². The summed E-state index contributed by atoms with van der Waals surface area (Å²) in [6.07, 6.45) is 0.537. The lowest BCUT2D eigenvalue weighted by atomic mass is 10.2. The highest BCUT2D eigenvalue weighted by Gasteiger charge is 2.49. The van der Waals surface area contributed by atoms with Crippen LogP contribution in [0.1, 0.15) is 30.6 Å². The van der Waals surface area contributed by atoms with Gasteiger partial charge in [-0.25, -0.2) is 4.79 Å². The van der Waals surface area contributed by atoms with Crippen molar-refractivity contribution in [1.82, 2.24) is 4.90 Å². The van der Waals surface area contributed by atoms with E-state index in [9.17, 15) is 14.4 Å². The Labute approximate surface area is 146 Å². The van der Waals surface area contributed by atoms with Crippen molar-refractivity contribution in [2.45, 2.75) is 20.3 Å². The Morgan fingerprint density at radius 1 is 1.25 bits per heavy atom. The van der Waals surface area contributed by atoms with E-state index < -0.39 is 5.97 Å². The Bertz CT molecular complexity index is 658. The third-order valence-corrected chi connectivity index (χ3v) is 4.49. The van der Waals surface area contributed by atoms with Crippen LogP contribution >= 0.6 is 11.6 Å². The molecule has 1 fully saturated rings. The number of methoxy groups -OCH3 is 1. The monoisotopic (exact) mass is 352 g/mol. The molecule has 2 atom stereocenters. The highest BCUT2D eigenvalue weighted by Crippen LogP contribution is 2.41. The van der Waals surface area contributed by atoms with Crippen molar-refractivity contribution in [3.63, 3.8) is 0 Å². The number of rotatable bonds is 6. The molecule has 2 amide bonds. The van der Waals surface area contributed by atoms with Crippen LogP contribution in [0.3, 0.4) is 0 Å². The van der Waals surface area contributed by atoms with Gasteiger partial charge >= 0.3 is 5.97 Å². The summed E-state index contributed by atoms with van der Waals surface area (Å²) >= 11 is 6.07. The van der Waals surface area contributed by atoms with E-state index in [0.717, 1.165) is 0 Å². The second kappa shape index (κ2) is 7.66. The molecule has 1 aliphatic rings. The van der Waals surface area contributed by atoms with Gasteiger partial charge in [0.25, 0.3) is 0 Å². The number of halogens is 1. The molecule has 6 nitrogen and oxygen atoms in total. The van der Waals surface area contributed by atoms with Crippen LogP contribution in [0.4, 0.5) is 5.69 Å². The lowest BCUT2D eigenvalue weighted by Gasteiger charge is -2.18. The van der Waals surface area contributed by atoms with Crippen molar-refractivity contribution in [3.8, 4) is 0 Å². The number of hydrogen-bond donors (Lipinski definition) is 1. The lowest BCUT2D eigenvalue weighted by Crippen LogP contribution is -2.33. The maximum Gasteiger partial charge on any atom is 0.337 e. The van der Waals surface area contributed by atoms with Gasteiger partial charge in [-0.1, -0.05) is 11.6 Å². The smallest absolute Gasteiger partial charge is 0.337 e. The summed E-state index contributed by atoms with van der Waals surface area (Å²) < 4.78 is 4.65. The molecule has 0 aromatic heterocycles. The van der Waals surface area contributed by atoms with E-state index in [0.29, 0.717) is 35.8 Å². The van der Waals surface area contributed by atoms with Crippen LogP contribution in [0.5, 0.6) is 0 Å². The molecule has 2 unspecified atom stereocenters. The van der Waals surface area contributed by atoms with Crippen LogP contribution < -0.4 is 5.32 Å². The zero-order valence-corrected chi connectivity index (χ0v) is 14.7. The van der Waals surface area contributed by atoms with E-state index in [1.54, 1.807) is 4.90 Å². The Morgan fingerprint density at radius 2 is 1.92 bits per heavy atom. The number of ether oxygens (including phenoxy) is 1. The van der Waals surface area contributed by atoms with Gasteiger partial charge in [-0.3, -0.25) is 9.59 Å². The molecular formula is C17H21ClN2O4. The fourth-order valence-electron chi connectivity index (χ4n) is 2.62. The van der Waals surface area contributed by atoms with Gasteiger partial charge in [0.15, 0.2) is 0 Å². The number of benzene rings is 1. The van der Waals surface area contributed by atoms with Gasteiger partial charge in [0.05, 0.1) is 35.2 Å². The van der Waals surface area contributed by atoms with E-state index in [4.69, 9.17) is 11.6 Å². The number of nitrogens with one attached hydrogen (secondary N) is 1. The topological polar surface area (TPSA) is 75.7 Å². The number of nitrogens with zero attached hydrogens (tertiary/aromatic N) is 1. The van der Waals surface area contributed by atoms with Gasteiger partial charge in [-0.05, 0) is 38.5 Å². The number of hydrogen-bond acceptors (Lipinski definition) is 4. The fraction of sp³-hybridized carbons (Fsp3) is 0.471. The molecule has 24 heavy (non-hydrogen) atoms. The summed E-state index contributed by atoms with van der Waals surface area (Å²) in [7, 11) is 1.28. The Morgan fingerprint density at radius 3 is 2.50 bits per heavy atom. The molecule has 130 valence electrons. The normalized spacial score (nSPS) is 18.7. The average Bonchev–Trinajstić information content (AvgIpc) is 3.37. The average molecular weight is 353 g/mol. The molecule has 1 aliphatic carbocycles. The van der Waals surface area contributed by atoms with Crippen LogP contribution in [0, 0.1) is 11.8 Å². The first kappa shape index (κ1) is 18.3. The predicted octanol–water partition coefficient (Wildman–Crippen LogP) is 2.57. The minimum absolute atomic E-state index is 0.00885. The van der Waals surface area contributed by atoms with Crippen LogP contribution in [-0.2, 0) is 14.3 Å². The summed E-state index contributed by atoms with van der Waals surface area (Å²) in [5, 5.41) is 3.02. The quantitative estimate of drug-likeness (QED) is 0.798. The minimum atomic E-state index is -0.511. The zero-order chi connectivity index (χ0) is 17.9. The number of anilines is 1. The Balaban J connectivity index is 2.04. The second-order valence-electron chi connectivity index (χ2n) is 5.63. The van der Waals surface area contributed by atoms with Crippen molar-refractivity contribution >= 4 is 35.1 Å². The molecule has 1 aromatic carbocycles. The van der Waals surface area contributed by atoms with Crippen LogP contribution in [0.25, 0.3) is 0 Å². The van der Waals surface area contributed by atoms with Gasteiger partial charge in [-0.2, -0.15) is 0 Å². The molecule has 7 heteroatoms. The summed E-state index contributed by atoms with van der Waals surface area (Å²) in [4.78, 5) is 37.9. The first-order valence-corrected chi connectivity index (χ1v) is 8.28. The lowest BCUT2D eigenvalue weighted by molar-refractivity contribution is -0.133. The molecule has 2 rings (SSSR count). The predicted molar refractivity (Wildman–Crippen MR) is 90.9 cm³/mol. The summed E-state index contributed by atoms with van der Waals surface area (Å²) in [6.45, 7) is 5.09. The Kier molecular flexibility index (Phi) is 5.83. The van der Waals surface area contributed by atoms with E-state index in [1.807, 2.05) is 13.8 Å². The number of amides is 2. The SMILES string of the molecule is CCN(CC)C(=O)C1CC1C(=O)Nc1cc(C(=O)OC)ccc1Cl. The molecule has 0 radical (unpaired) electrons. The highest BCUT2D eigenvalue weighted by atomic mass is 35.5.